The highest BCUT2D eigenvalue weighted by atomic mass is 32.2. The number of rotatable bonds is 3. The van der Waals surface area contributed by atoms with Gasteiger partial charge in [0, 0.05) is 32.2 Å². The van der Waals surface area contributed by atoms with Crippen molar-refractivity contribution in [1.82, 2.24) is 20.0 Å². The molecule has 0 radical (unpaired) electrons. The number of nitrogens with zero attached hydrogens (tertiary/aromatic N) is 5. The van der Waals surface area contributed by atoms with E-state index >= 15 is 0 Å². The summed E-state index contributed by atoms with van der Waals surface area (Å²) in [6, 6.07) is 3.25. The van der Waals surface area contributed by atoms with Gasteiger partial charge in [-0.15, -0.1) is 11.8 Å². The van der Waals surface area contributed by atoms with Crippen LogP contribution < -0.4 is 4.90 Å². The van der Waals surface area contributed by atoms with Crippen LogP contribution in [-0.2, 0) is 4.79 Å². The van der Waals surface area contributed by atoms with Crippen molar-refractivity contribution >= 4 is 23.5 Å². The summed E-state index contributed by atoms with van der Waals surface area (Å²) < 4.78 is 27.5. The Hall–Kier alpha value is -2.26. The molecule has 1 atom stereocenters. The molecule has 9 heteroatoms. The molecular formula is C21H23F2N5OS. The predicted octanol–water partition coefficient (Wildman–Crippen LogP) is 3.27. The first-order chi connectivity index (χ1) is 14.5. The van der Waals surface area contributed by atoms with E-state index in [1.54, 1.807) is 29.2 Å². The normalized spacial score (nSPS) is 23.4. The van der Waals surface area contributed by atoms with E-state index in [4.69, 9.17) is 0 Å². The molecule has 0 N–H and O–H groups in total. The van der Waals surface area contributed by atoms with Gasteiger partial charge in [-0.05, 0) is 43.2 Å². The molecule has 0 bridgehead atoms. The van der Waals surface area contributed by atoms with Crippen LogP contribution >= 0.6 is 11.8 Å². The van der Waals surface area contributed by atoms with Gasteiger partial charge < -0.3 is 4.90 Å². The lowest BCUT2D eigenvalue weighted by atomic mass is 9.77. The molecule has 3 aliphatic heterocycles. The molecule has 2 aromatic rings. The van der Waals surface area contributed by atoms with Gasteiger partial charge in [-0.3, -0.25) is 9.80 Å². The number of halogens is 2. The fraction of sp³-hybridized carbons (Fsp3) is 0.476. The zero-order chi connectivity index (χ0) is 20.9. The van der Waals surface area contributed by atoms with Gasteiger partial charge in [-0.1, -0.05) is 0 Å². The summed E-state index contributed by atoms with van der Waals surface area (Å²) in [5, 5.41) is 4.71. The Labute approximate surface area is 178 Å². The third-order valence-corrected chi connectivity index (χ3v) is 7.17. The van der Waals surface area contributed by atoms with Crippen LogP contribution in [0, 0.1) is 17.0 Å². The highest BCUT2D eigenvalue weighted by Gasteiger charge is 2.56. The van der Waals surface area contributed by atoms with Gasteiger partial charge in [-0.25, -0.2) is 23.8 Å². The lowest BCUT2D eigenvalue weighted by Gasteiger charge is -2.38. The summed E-state index contributed by atoms with van der Waals surface area (Å²) in [5.41, 5.74) is 0.0928. The number of hydrogen-bond donors (Lipinski definition) is 0. The number of piperidine rings is 1. The predicted molar refractivity (Wildman–Crippen MR) is 110 cm³/mol. The Kier molecular flexibility index (Phi) is 4.89. The number of hydrazine groups is 1. The summed E-state index contributed by atoms with van der Waals surface area (Å²) in [6.45, 7) is 2.87. The van der Waals surface area contributed by atoms with Crippen molar-refractivity contribution in [3.8, 4) is 0 Å². The van der Waals surface area contributed by atoms with Crippen LogP contribution in [-0.4, -0.2) is 58.3 Å². The van der Waals surface area contributed by atoms with Crippen LogP contribution in [0.4, 0.5) is 14.6 Å². The van der Waals surface area contributed by atoms with Crippen LogP contribution in [0.15, 0.2) is 35.6 Å². The number of carbonyl (C=O) groups excluding carboxylic acids is 1. The van der Waals surface area contributed by atoms with Gasteiger partial charge >= 0.3 is 0 Å². The minimum absolute atomic E-state index is 0.0816. The Bertz CT molecular complexity index is 944. The van der Waals surface area contributed by atoms with Gasteiger partial charge in [0.15, 0.2) is 0 Å². The molecule has 3 aliphatic rings. The van der Waals surface area contributed by atoms with Crippen LogP contribution in [0.3, 0.4) is 0 Å². The number of amides is 1. The zero-order valence-electron chi connectivity index (χ0n) is 16.7. The van der Waals surface area contributed by atoms with Crippen molar-refractivity contribution in [3.05, 3.63) is 47.8 Å². The van der Waals surface area contributed by atoms with E-state index in [2.05, 4.69) is 19.9 Å². The third-order valence-electron chi connectivity index (χ3n) is 6.55. The number of carbonyl (C=O) groups is 1. The van der Waals surface area contributed by atoms with Gasteiger partial charge in [0.2, 0.25) is 5.91 Å². The number of aromatic nitrogens is 2. The number of thioether (sulfide) groups is 1. The van der Waals surface area contributed by atoms with Crippen molar-refractivity contribution < 1.29 is 13.6 Å². The summed E-state index contributed by atoms with van der Waals surface area (Å²) in [5.74, 6) is -0.293. The number of anilines is 1. The van der Waals surface area contributed by atoms with Crippen molar-refractivity contribution in [2.24, 2.45) is 5.41 Å². The molecule has 1 aromatic heterocycles. The van der Waals surface area contributed by atoms with Gasteiger partial charge in [0.25, 0.3) is 0 Å². The number of benzene rings is 1. The van der Waals surface area contributed by atoms with E-state index in [1.807, 2.05) is 6.26 Å². The van der Waals surface area contributed by atoms with Crippen LogP contribution in [0.1, 0.15) is 30.9 Å². The minimum Gasteiger partial charge on any atom is -0.355 e. The monoisotopic (exact) mass is 431 g/mol. The molecule has 4 heterocycles. The molecular weight excluding hydrogens is 408 g/mol. The highest BCUT2D eigenvalue weighted by molar-refractivity contribution is 7.98. The van der Waals surface area contributed by atoms with Gasteiger partial charge in [0.05, 0.1) is 23.9 Å². The van der Waals surface area contributed by atoms with Crippen molar-refractivity contribution in [3.63, 3.8) is 0 Å². The fourth-order valence-electron chi connectivity index (χ4n) is 4.97. The molecule has 3 fully saturated rings. The van der Waals surface area contributed by atoms with E-state index in [9.17, 15) is 13.6 Å². The highest BCUT2D eigenvalue weighted by Crippen LogP contribution is 2.47. The average molecular weight is 432 g/mol. The largest absolute Gasteiger partial charge is 0.355 e. The molecule has 1 spiro atoms. The molecule has 0 unspecified atom stereocenters. The standard InChI is InChI=1S/C21H23F2N5OS/c1-30-19-12-24-18(11-25-19)26-6-3-21(4-7-26)13-27-5-2-17(28(27)20(21)29)14-8-15(22)10-16(23)9-14/h8-12,17H,2-7,13H2,1H3/t17-/m0/s1. The summed E-state index contributed by atoms with van der Waals surface area (Å²) >= 11 is 1.55. The van der Waals surface area contributed by atoms with Crippen LogP contribution in [0.2, 0.25) is 0 Å². The molecule has 3 saturated heterocycles. The summed E-state index contributed by atoms with van der Waals surface area (Å²) in [6.07, 6.45) is 7.68. The lowest BCUT2D eigenvalue weighted by molar-refractivity contribution is -0.143. The number of fused-ring (bicyclic) bond motifs is 1. The summed E-state index contributed by atoms with van der Waals surface area (Å²) in [4.78, 5) is 24.6. The van der Waals surface area contributed by atoms with Crippen LogP contribution in [0.25, 0.3) is 0 Å². The smallest absolute Gasteiger partial charge is 0.245 e. The molecule has 6 nitrogen and oxygen atoms in total. The first-order valence-corrected chi connectivity index (χ1v) is 11.4. The van der Waals surface area contributed by atoms with E-state index in [0.29, 0.717) is 18.5 Å². The van der Waals surface area contributed by atoms with Crippen molar-refractivity contribution in [1.29, 1.82) is 0 Å². The molecule has 1 aromatic carbocycles. The molecule has 158 valence electrons. The Morgan fingerprint density at radius 1 is 1.07 bits per heavy atom. The zero-order valence-corrected chi connectivity index (χ0v) is 17.5. The number of hydrogen-bond acceptors (Lipinski definition) is 6. The van der Waals surface area contributed by atoms with Gasteiger partial charge in [-0.2, -0.15) is 0 Å². The maximum absolute atomic E-state index is 13.7. The first kappa shape index (κ1) is 19.7. The van der Waals surface area contributed by atoms with Crippen molar-refractivity contribution in [2.75, 3.05) is 37.3 Å². The molecule has 0 saturated carbocycles. The van der Waals surface area contributed by atoms with E-state index in [-0.39, 0.29) is 11.9 Å². The minimum atomic E-state index is -0.605. The second-order valence-corrected chi connectivity index (χ2v) is 9.06. The lowest BCUT2D eigenvalue weighted by Crippen LogP contribution is -2.46. The topological polar surface area (TPSA) is 52.6 Å². The molecule has 5 rings (SSSR count). The fourth-order valence-corrected chi connectivity index (χ4v) is 5.29. The van der Waals surface area contributed by atoms with E-state index in [1.165, 1.54) is 12.1 Å². The van der Waals surface area contributed by atoms with E-state index in [0.717, 1.165) is 49.4 Å². The molecule has 30 heavy (non-hydrogen) atoms. The maximum Gasteiger partial charge on any atom is 0.245 e. The summed E-state index contributed by atoms with van der Waals surface area (Å²) in [7, 11) is 0. The SMILES string of the molecule is CSc1cnc(N2CCC3(CC2)CN2CC[C@@H](c4cc(F)cc(F)c4)N2C3=O)cn1. The van der Waals surface area contributed by atoms with E-state index < -0.39 is 17.0 Å². The molecule has 1 amide bonds. The average Bonchev–Trinajstić information content (AvgIpc) is 3.26. The first-order valence-electron chi connectivity index (χ1n) is 10.1. The van der Waals surface area contributed by atoms with Crippen LogP contribution in [0.5, 0.6) is 0 Å². The molecule has 0 aliphatic carbocycles. The second kappa shape index (κ2) is 7.46. The second-order valence-electron chi connectivity index (χ2n) is 8.23. The Morgan fingerprint density at radius 3 is 2.43 bits per heavy atom. The Balaban J connectivity index is 1.32. The quantitative estimate of drug-likeness (QED) is 0.696. The Morgan fingerprint density at radius 2 is 1.80 bits per heavy atom. The third kappa shape index (κ3) is 3.24. The maximum atomic E-state index is 13.7. The van der Waals surface area contributed by atoms with Gasteiger partial charge in [0.1, 0.15) is 22.5 Å². The van der Waals surface area contributed by atoms with Crippen molar-refractivity contribution in [2.45, 2.75) is 30.3 Å².